The molecule has 2 N–H and O–H groups in total. The zero-order chi connectivity index (χ0) is 11.5. The minimum Gasteiger partial charge on any atom is -0.398 e. The lowest BCUT2D eigenvalue weighted by Gasteiger charge is -2.35. The van der Waals surface area contributed by atoms with E-state index in [1.54, 1.807) is 0 Å². The van der Waals surface area contributed by atoms with E-state index < -0.39 is 0 Å². The third kappa shape index (κ3) is 1.74. The number of anilines is 2. The van der Waals surface area contributed by atoms with Gasteiger partial charge in [0.1, 0.15) is 0 Å². The summed E-state index contributed by atoms with van der Waals surface area (Å²) in [7, 11) is 0. The van der Waals surface area contributed by atoms with Crippen molar-refractivity contribution < 1.29 is 0 Å². The van der Waals surface area contributed by atoms with Crippen LogP contribution in [0.4, 0.5) is 11.4 Å². The molecule has 2 rings (SSSR count). The predicted molar refractivity (Wildman–Crippen MR) is 69.4 cm³/mol. The summed E-state index contributed by atoms with van der Waals surface area (Å²) in [6.07, 6.45) is 8.77. The van der Waals surface area contributed by atoms with E-state index in [1.165, 1.54) is 11.3 Å². The number of rotatable bonds is 2. The summed E-state index contributed by atoms with van der Waals surface area (Å²) >= 11 is 0. The number of nitrogen functional groups attached to an aromatic ring is 1. The second-order valence-corrected chi connectivity index (χ2v) is 4.23. The Kier molecular flexibility index (Phi) is 3.05. The molecule has 16 heavy (non-hydrogen) atoms. The third-order valence-corrected chi connectivity index (χ3v) is 3.28. The van der Waals surface area contributed by atoms with Crippen LogP contribution < -0.4 is 10.6 Å². The lowest BCUT2D eigenvalue weighted by Crippen LogP contribution is -2.38. The van der Waals surface area contributed by atoms with Crippen LogP contribution in [0.5, 0.6) is 0 Å². The topological polar surface area (TPSA) is 29.3 Å². The highest BCUT2D eigenvalue weighted by atomic mass is 15.2. The van der Waals surface area contributed by atoms with Gasteiger partial charge >= 0.3 is 0 Å². The van der Waals surface area contributed by atoms with Gasteiger partial charge in [0.05, 0.1) is 6.04 Å². The standard InChI is InChI=1S/C14H18N2/c1-3-11(4-2)16-10-6-7-12-13(15)8-5-9-14(12)16/h1,5,8-9,11H,4,6-7,10,15H2,2H3. The van der Waals surface area contributed by atoms with Crippen LogP contribution in [0.25, 0.3) is 0 Å². The van der Waals surface area contributed by atoms with Crippen molar-refractivity contribution in [3.63, 3.8) is 0 Å². The Labute approximate surface area is 97.4 Å². The van der Waals surface area contributed by atoms with Crippen molar-refractivity contribution in [3.8, 4) is 12.3 Å². The molecule has 0 fully saturated rings. The molecule has 2 nitrogen and oxygen atoms in total. The average molecular weight is 214 g/mol. The van der Waals surface area contributed by atoms with E-state index in [-0.39, 0.29) is 6.04 Å². The van der Waals surface area contributed by atoms with Crippen molar-refractivity contribution in [2.75, 3.05) is 17.2 Å². The lowest BCUT2D eigenvalue weighted by atomic mass is 9.98. The summed E-state index contributed by atoms with van der Waals surface area (Å²) in [4.78, 5) is 2.31. The fraction of sp³-hybridized carbons (Fsp3) is 0.429. The second-order valence-electron chi connectivity index (χ2n) is 4.23. The Morgan fingerprint density at radius 2 is 2.38 bits per heavy atom. The van der Waals surface area contributed by atoms with Gasteiger partial charge in [-0.15, -0.1) is 6.42 Å². The monoisotopic (exact) mass is 214 g/mol. The number of nitrogens with two attached hydrogens (primary N) is 1. The van der Waals surface area contributed by atoms with E-state index in [0.717, 1.165) is 31.5 Å². The molecular formula is C14H18N2. The number of nitrogens with zero attached hydrogens (tertiary/aromatic N) is 1. The Hall–Kier alpha value is -1.62. The first-order valence-electron chi connectivity index (χ1n) is 5.88. The van der Waals surface area contributed by atoms with E-state index >= 15 is 0 Å². The maximum atomic E-state index is 6.01. The van der Waals surface area contributed by atoms with Gasteiger partial charge in [-0.2, -0.15) is 0 Å². The Morgan fingerprint density at radius 1 is 1.56 bits per heavy atom. The summed E-state index contributed by atoms with van der Waals surface area (Å²) in [6.45, 7) is 3.17. The van der Waals surface area contributed by atoms with Crippen molar-refractivity contribution in [2.24, 2.45) is 0 Å². The van der Waals surface area contributed by atoms with Gasteiger partial charge in [0.25, 0.3) is 0 Å². The Bertz CT molecular complexity index is 417. The molecule has 0 saturated carbocycles. The predicted octanol–water partition coefficient (Wildman–Crippen LogP) is 2.43. The number of hydrogen-bond acceptors (Lipinski definition) is 2. The summed E-state index contributed by atoms with van der Waals surface area (Å²) in [5.41, 5.74) is 9.40. The highest BCUT2D eigenvalue weighted by molar-refractivity contribution is 5.67. The van der Waals surface area contributed by atoms with Crippen LogP contribution >= 0.6 is 0 Å². The smallest absolute Gasteiger partial charge is 0.0898 e. The zero-order valence-electron chi connectivity index (χ0n) is 9.74. The molecule has 0 amide bonds. The van der Waals surface area contributed by atoms with Crippen LogP contribution in [-0.2, 0) is 6.42 Å². The van der Waals surface area contributed by atoms with Crippen LogP contribution in [0.3, 0.4) is 0 Å². The highest BCUT2D eigenvalue weighted by Crippen LogP contribution is 2.32. The van der Waals surface area contributed by atoms with Crippen LogP contribution in [0.1, 0.15) is 25.3 Å². The minimum atomic E-state index is 0.195. The molecule has 0 spiro atoms. The summed E-state index contributed by atoms with van der Waals surface area (Å²) in [5.74, 6) is 2.87. The van der Waals surface area contributed by atoms with Crippen LogP contribution in [0.15, 0.2) is 18.2 Å². The molecular weight excluding hydrogens is 196 g/mol. The SMILES string of the molecule is C#CC(CC)N1CCCc2c(N)cccc21. The maximum Gasteiger partial charge on any atom is 0.0898 e. The number of hydrogen-bond donors (Lipinski definition) is 1. The fourth-order valence-electron chi connectivity index (χ4n) is 2.43. The summed E-state index contributed by atoms with van der Waals surface area (Å²) < 4.78 is 0. The first-order chi connectivity index (χ1) is 7.77. The van der Waals surface area contributed by atoms with E-state index in [1.807, 2.05) is 12.1 Å². The van der Waals surface area contributed by atoms with Gasteiger partial charge in [-0.3, -0.25) is 0 Å². The normalized spacial score (nSPS) is 16.4. The highest BCUT2D eigenvalue weighted by Gasteiger charge is 2.22. The molecule has 0 bridgehead atoms. The molecule has 1 aromatic rings. The van der Waals surface area contributed by atoms with Gasteiger partial charge in [0, 0.05) is 17.9 Å². The third-order valence-electron chi connectivity index (χ3n) is 3.28. The van der Waals surface area contributed by atoms with Crippen molar-refractivity contribution in [2.45, 2.75) is 32.2 Å². The van der Waals surface area contributed by atoms with Crippen LogP contribution in [0.2, 0.25) is 0 Å². The molecule has 1 unspecified atom stereocenters. The van der Waals surface area contributed by atoms with Crippen LogP contribution in [0, 0.1) is 12.3 Å². The number of terminal acetylenes is 1. The van der Waals surface area contributed by atoms with Gasteiger partial charge in [0.15, 0.2) is 0 Å². The molecule has 1 heterocycles. The molecule has 1 aromatic carbocycles. The molecule has 0 saturated heterocycles. The summed E-state index contributed by atoms with van der Waals surface area (Å²) in [5, 5.41) is 0. The minimum absolute atomic E-state index is 0.195. The van der Waals surface area contributed by atoms with Gasteiger partial charge in [-0.1, -0.05) is 18.9 Å². The van der Waals surface area contributed by atoms with Gasteiger partial charge in [-0.05, 0) is 37.0 Å². The quantitative estimate of drug-likeness (QED) is 0.605. The van der Waals surface area contributed by atoms with E-state index in [9.17, 15) is 0 Å². The zero-order valence-corrected chi connectivity index (χ0v) is 9.74. The van der Waals surface area contributed by atoms with Crippen molar-refractivity contribution in [3.05, 3.63) is 23.8 Å². The second kappa shape index (κ2) is 4.49. The first kappa shape index (κ1) is 10.9. The van der Waals surface area contributed by atoms with Crippen molar-refractivity contribution >= 4 is 11.4 Å². The van der Waals surface area contributed by atoms with Gasteiger partial charge in [-0.25, -0.2) is 0 Å². The molecule has 0 aromatic heterocycles. The molecule has 1 atom stereocenters. The van der Waals surface area contributed by atoms with Crippen LogP contribution in [-0.4, -0.2) is 12.6 Å². The van der Waals surface area contributed by atoms with Gasteiger partial charge in [0.2, 0.25) is 0 Å². The lowest BCUT2D eigenvalue weighted by molar-refractivity contribution is 0.627. The fourth-order valence-corrected chi connectivity index (χ4v) is 2.43. The van der Waals surface area contributed by atoms with Gasteiger partial charge < -0.3 is 10.6 Å². The molecule has 0 aliphatic carbocycles. The van der Waals surface area contributed by atoms with E-state index in [2.05, 4.69) is 23.8 Å². The molecule has 84 valence electrons. The maximum absolute atomic E-state index is 6.01. The molecule has 2 heteroatoms. The molecule has 1 aliphatic heterocycles. The molecule has 0 radical (unpaired) electrons. The summed E-state index contributed by atoms with van der Waals surface area (Å²) in [6, 6.07) is 6.31. The average Bonchev–Trinajstić information content (AvgIpc) is 2.32. The Morgan fingerprint density at radius 3 is 3.06 bits per heavy atom. The first-order valence-corrected chi connectivity index (χ1v) is 5.88. The molecule has 1 aliphatic rings. The van der Waals surface area contributed by atoms with Crippen molar-refractivity contribution in [1.82, 2.24) is 0 Å². The number of benzene rings is 1. The largest absolute Gasteiger partial charge is 0.398 e. The van der Waals surface area contributed by atoms with E-state index in [4.69, 9.17) is 12.2 Å². The van der Waals surface area contributed by atoms with E-state index in [0.29, 0.717) is 0 Å². The van der Waals surface area contributed by atoms with Crippen molar-refractivity contribution in [1.29, 1.82) is 0 Å². The number of fused-ring (bicyclic) bond motifs is 1. The Balaban J connectivity index is 2.41.